The van der Waals surface area contributed by atoms with Gasteiger partial charge in [-0.2, -0.15) is 0 Å². The molecule has 144 valence electrons. The molecule has 3 aromatic rings. The van der Waals surface area contributed by atoms with E-state index < -0.39 is 0 Å². The minimum absolute atomic E-state index is 0.0841. The zero-order valence-corrected chi connectivity index (χ0v) is 15.8. The minimum atomic E-state index is -0.0841. The number of aromatic nitrogens is 2. The Labute approximate surface area is 164 Å². The molecule has 0 atom stereocenters. The van der Waals surface area contributed by atoms with Gasteiger partial charge in [0.25, 0.3) is 5.91 Å². The van der Waals surface area contributed by atoms with Crippen LogP contribution in [-0.2, 0) is 17.8 Å². The van der Waals surface area contributed by atoms with Gasteiger partial charge in [-0.3, -0.25) is 9.59 Å². The Morgan fingerprint density at radius 3 is 2.89 bits per heavy atom. The minimum Gasteiger partial charge on any atom is -0.352 e. The van der Waals surface area contributed by atoms with Crippen LogP contribution in [-0.4, -0.2) is 39.8 Å². The topological polar surface area (TPSA) is 78.1 Å². The van der Waals surface area contributed by atoms with E-state index in [-0.39, 0.29) is 11.8 Å². The summed E-state index contributed by atoms with van der Waals surface area (Å²) in [5.74, 6) is 1.05. The van der Waals surface area contributed by atoms with E-state index in [1.807, 2.05) is 53.4 Å². The van der Waals surface area contributed by atoms with Crippen LogP contribution in [0.15, 0.2) is 48.5 Å². The second-order valence-corrected chi connectivity index (χ2v) is 7.18. The SMILES string of the molecule is O=C(NCCCc1nc2ccccc2[nH]1)c1cccc(CN2CCCC2=O)c1. The molecule has 1 aromatic heterocycles. The normalized spacial score (nSPS) is 14.0. The van der Waals surface area contributed by atoms with Gasteiger partial charge < -0.3 is 15.2 Å². The van der Waals surface area contributed by atoms with Crippen molar-refractivity contribution in [1.82, 2.24) is 20.2 Å². The fourth-order valence-electron chi connectivity index (χ4n) is 3.59. The van der Waals surface area contributed by atoms with Gasteiger partial charge in [-0.15, -0.1) is 0 Å². The standard InChI is InChI=1S/C22H24N4O2/c27-21-11-5-13-26(21)15-16-6-3-7-17(14-16)22(28)23-12-4-10-20-24-18-8-1-2-9-19(18)25-20/h1-3,6-9,14H,4-5,10-13,15H2,(H,23,28)(H,24,25). The van der Waals surface area contributed by atoms with E-state index in [1.165, 1.54) is 0 Å². The molecule has 6 nitrogen and oxygen atoms in total. The molecule has 6 heteroatoms. The number of hydrogen-bond donors (Lipinski definition) is 2. The first kappa shape index (κ1) is 18.2. The number of nitrogens with one attached hydrogen (secondary N) is 2. The summed E-state index contributed by atoms with van der Waals surface area (Å²) in [6, 6.07) is 15.5. The van der Waals surface area contributed by atoms with Crippen molar-refractivity contribution in [3.05, 3.63) is 65.5 Å². The lowest BCUT2D eigenvalue weighted by atomic mass is 10.1. The lowest BCUT2D eigenvalue weighted by Gasteiger charge is -2.16. The monoisotopic (exact) mass is 376 g/mol. The van der Waals surface area contributed by atoms with Crippen molar-refractivity contribution in [1.29, 1.82) is 0 Å². The molecule has 0 spiro atoms. The van der Waals surface area contributed by atoms with Crippen LogP contribution in [0.1, 0.15) is 41.0 Å². The van der Waals surface area contributed by atoms with Crippen molar-refractivity contribution < 1.29 is 9.59 Å². The molecule has 2 aromatic carbocycles. The van der Waals surface area contributed by atoms with Gasteiger partial charge in [0, 0.05) is 38.0 Å². The summed E-state index contributed by atoms with van der Waals surface area (Å²) >= 11 is 0. The molecular formula is C22H24N4O2. The highest BCUT2D eigenvalue weighted by atomic mass is 16.2. The Bertz CT molecular complexity index is 962. The largest absolute Gasteiger partial charge is 0.352 e. The van der Waals surface area contributed by atoms with Crippen LogP contribution in [0, 0.1) is 0 Å². The van der Waals surface area contributed by atoms with Gasteiger partial charge in [0.2, 0.25) is 5.91 Å². The molecule has 4 rings (SSSR count). The van der Waals surface area contributed by atoms with Gasteiger partial charge >= 0.3 is 0 Å². The third kappa shape index (κ3) is 4.22. The number of nitrogens with zero attached hydrogens (tertiary/aromatic N) is 2. The molecule has 2 N–H and O–H groups in total. The Hall–Kier alpha value is -3.15. The van der Waals surface area contributed by atoms with Gasteiger partial charge in [-0.05, 0) is 42.7 Å². The van der Waals surface area contributed by atoms with Gasteiger partial charge in [0.15, 0.2) is 0 Å². The maximum Gasteiger partial charge on any atom is 0.251 e. The Balaban J connectivity index is 1.27. The van der Waals surface area contributed by atoms with Crippen LogP contribution < -0.4 is 5.32 Å². The van der Waals surface area contributed by atoms with Crippen LogP contribution in [0.3, 0.4) is 0 Å². The molecule has 1 fully saturated rings. The van der Waals surface area contributed by atoms with Crippen molar-refractivity contribution in [3.63, 3.8) is 0 Å². The van der Waals surface area contributed by atoms with E-state index in [0.717, 1.165) is 48.2 Å². The van der Waals surface area contributed by atoms with Crippen molar-refractivity contribution in [3.8, 4) is 0 Å². The lowest BCUT2D eigenvalue weighted by molar-refractivity contribution is -0.128. The van der Waals surface area contributed by atoms with Crippen LogP contribution in [0.5, 0.6) is 0 Å². The molecule has 0 radical (unpaired) electrons. The molecule has 2 amide bonds. The fourth-order valence-corrected chi connectivity index (χ4v) is 3.59. The Morgan fingerprint density at radius 2 is 2.07 bits per heavy atom. The Morgan fingerprint density at radius 1 is 1.18 bits per heavy atom. The van der Waals surface area contributed by atoms with Crippen molar-refractivity contribution >= 4 is 22.8 Å². The maximum absolute atomic E-state index is 12.4. The number of likely N-dealkylation sites (tertiary alicyclic amines) is 1. The molecular weight excluding hydrogens is 352 g/mol. The summed E-state index contributed by atoms with van der Waals surface area (Å²) in [4.78, 5) is 33.9. The van der Waals surface area contributed by atoms with E-state index in [1.54, 1.807) is 0 Å². The van der Waals surface area contributed by atoms with Crippen LogP contribution in [0.25, 0.3) is 11.0 Å². The number of aromatic amines is 1. The molecule has 1 aliphatic rings. The molecule has 1 saturated heterocycles. The number of aryl methyl sites for hydroxylation is 1. The zero-order chi connectivity index (χ0) is 19.3. The predicted molar refractivity (Wildman–Crippen MR) is 108 cm³/mol. The van der Waals surface area contributed by atoms with Gasteiger partial charge in [0.1, 0.15) is 5.82 Å². The third-order valence-corrected chi connectivity index (χ3v) is 5.05. The predicted octanol–water partition coefficient (Wildman–Crippen LogP) is 3.05. The third-order valence-electron chi connectivity index (χ3n) is 5.05. The number of fused-ring (bicyclic) bond motifs is 1. The second kappa shape index (κ2) is 8.25. The first-order valence-corrected chi connectivity index (χ1v) is 9.77. The number of benzene rings is 2. The average Bonchev–Trinajstić information content (AvgIpc) is 3.31. The van der Waals surface area contributed by atoms with Crippen LogP contribution in [0.4, 0.5) is 0 Å². The number of carbonyl (C=O) groups excluding carboxylic acids is 2. The maximum atomic E-state index is 12.4. The summed E-state index contributed by atoms with van der Waals surface area (Å²) in [5.41, 5.74) is 3.63. The van der Waals surface area contributed by atoms with E-state index in [4.69, 9.17) is 0 Å². The summed E-state index contributed by atoms with van der Waals surface area (Å²) in [5, 5.41) is 2.97. The highest BCUT2D eigenvalue weighted by Crippen LogP contribution is 2.15. The first-order valence-electron chi connectivity index (χ1n) is 9.77. The fraction of sp³-hybridized carbons (Fsp3) is 0.318. The molecule has 28 heavy (non-hydrogen) atoms. The summed E-state index contributed by atoms with van der Waals surface area (Å²) in [7, 11) is 0. The smallest absolute Gasteiger partial charge is 0.251 e. The van der Waals surface area contributed by atoms with Gasteiger partial charge in [0.05, 0.1) is 11.0 Å². The summed E-state index contributed by atoms with van der Waals surface area (Å²) < 4.78 is 0. The quantitative estimate of drug-likeness (QED) is 0.622. The number of carbonyl (C=O) groups is 2. The van der Waals surface area contributed by atoms with Gasteiger partial charge in [-0.25, -0.2) is 4.98 Å². The lowest BCUT2D eigenvalue weighted by Crippen LogP contribution is -2.26. The summed E-state index contributed by atoms with van der Waals surface area (Å²) in [6.07, 6.45) is 3.15. The molecule has 2 heterocycles. The zero-order valence-electron chi connectivity index (χ0n) is 15.8. The highest BCUT2D eigenvalue weighted by Gasteiger charge is 2.20. The Kier molecular flexibility index (Phi) is 5.37. The number of imidazole rings is 1. The summed E-state index contributed by atoms with van der Waals surface area (Å²) in [6.45, 7) is 1.97. The molecule has 1 aliphatic heterocycles. The van der Waals surface area contributed by atoms with E-state index >= 15 is 0 Å². The molecule has 0 aliphatic carbocycles. The molecule has 0 unspecified atom stereocenters. The van der Waals surface area contributed by atoms with Crippen molar-refractivity contribution in [2.24, 2.45) is 0 Å². The second-order valence-electron chi connectivity index (χ2n) is 7.18. The number of para-hydroxylation sites is 2. The highest BCUT2D eigenvalue weighted by molar-refractivity contribution is 5.94. The first-order chi connectivity index (χ1) is 13.7. The average molecular weight is 376 g/mol. The van der Waals surface area contributed by atoms with E-state index in [0.29, 0.717) is 25.1 Å². The number of H-pyrrole nitrogens is 1. The number of hydrogen-bond acceptors (Lipinski definition) is 3. The van der Waals surface area contributed by atoms with Crippen molar-refractivity contribution in [2.75, 3.05) is 13.1 Å². The van der Waals surface area contributed by atoms with E-state index in [2.05, 4.69) is 15.3 Å². The van der Waals surface area contributed by atoms with Crippen LogP contribution >= 0.6 is 0 Å². The van der Waals surface area contributed by atoms with Gasteiger partial charge in [-0.1, -0.05) is 24.3 Å². The van der Waals surface area contributed by atoms with Crippen molar-refractivity contribution in [2.45, 2.75) is 32.2 Å². The molecule has 0 saturated carbocycles. The van der Waals surface area contributed by atoms with E-state index in [9.17, 15) is 9.59 Å². The number of amides is 2. The van der Waals surface area contributed by atoms with Crippen LogP contribution in [0.2, 0.25) is 0 Å². The number of rotatable bonds is 7. The molecule has 0 bridgehead atoms.